The number of carbonyl (C=O) groups is 1. The van der Waals surface area contributed by atoms with Crippen LogP contribution in [0.3, 0.4) is 0 Å². The molecular weight excluding hydrogens is 276 g/mol. The van der Waals surface area contributed by atoms with Crippen molar-refractivity contribution >= 4 is 12.1 Å². The summed E-state index contributed by atoms with van der Waals surface area (Å²) in [6.07, 6.45) is 2.56. The van der Waals surface area contributed by atoms with Crippen LogP contribution in [-0.4, -0.2) is 18.7 Å². The highest BCUT2D eigenvalue weighted by atomic mass is 16.5. The monoisotopic (exact) mass is 296 g/mol. The Balaban J connectivity index is 1.91. The second-order valence-electron chi connectivity index (χ2n) is 4.75. The first kappa shape index (κ1) is 15.8. The standard InChI is InChI=1S/C18H20N2O2/c1-3-14-5-9-16(10-6-14)18(21)20-19-13-15-7-11-17(12-8-15)22-4-2/h5-13H,3-4H2,1-2H3,(H,20,21)/b19-13-. The van der Waals surface area contributed by atoms with E-state index in [0.717, 1.165) is 17.7 Å². The minimum Gasteiger partial charge on any atom is -0.494 e. The first-order valence-electron chi connectivity index (χ1n) is 7.38. The molecule has 0 aromatic heterocycles. The fourth-order valence-corrected chi connectivity index (χ4v) is 1.94. The Hall–Kier alpha value is -2.62. The molecule has 2 aromatic rings. The number of nitrogens with one attached hydrogen (secondary N) is 1. The van der Waals surface area contributed by atoms with Crippen LogP contribution in [0.5, 0.6) is 5.75 Å². The van der Waals surface area contributed by atoms with Gasteiger partial charge in [-0.2, -0.15) is 5.10 Å². The van der Waals surface area contributed by atoms with Crippen LogP contribution < -0.4 is 10.2 Å². The van der Waals surface area contributed by atoms with Crippen molar-refractivity contribution in [3.05, 3.63) is 65.2 Å². The number of hydrogen-bond donors (Lipinski definition) is 1. The molecule has 0 atom stereocenters. The molecule has 2 rings (SSSR count). The van der Waals surface area contributed by atoms with E-state index in [0.29, 0.717) is 12.2 Å². The van der Waals surface area contributed by atoms with Crippen molar-refractivity contribution in [3.8, 4) is 5.75 Å². The van der Waals surface area contributed by atoms with Crippen molar-refractivity contribution < 1.29 is 9.53 Å². The molecule has 1 N–H and O–H groups in total. The van der Waals surface area contributed by atoms with Crippen LogP contribution in [-0.2, 0) is 6.42 Å². The quantitative estimate of drug-likeness (QED) is 0.656. The van der Waals surface area contributed by atoms with Crippen LogP contribution in [0.4, 0.5) is 0 Å². The number of amides is 1. The van der Waals surface area contributed by atoms with Gasteiger partial charge in [0.15, 0.2) is 0 Å². The maximum absolute atomic E-state index is 11.9. The van der Waals surface area contributed by atoms with E-state index < -0.39 is 0 Å². The van der Waals surface area contributed by atoms with E-state index in [1.54, 1.807) is 18.3 Å². The molecule has 0 saturated heterocycles. The van der Waals surface area contributed by atoms with Gasteiger partial charge in [-0.25, -0.2) is 5.43 Å². The van der Waals surface area contributed by atoms with E-state index in [-0.39, 0.29) is 5.91 Å². The minimum atomic E-state index is -0.218. The number of carbonyl (C=O) groups excluding carboxylic acids is 1. The molecule has 0 aliphatic rings. The van der Waals surface area contributed by atoms with Gasteiger partial charge in [-0.05, 0) is 60.9 Å². The summed E-state index contributed by atoms with van der Waals surface area (Å²) in [4.78, 5) is 11.9. The van der Waals surface area contributed by atoms with Crippen molar-refractivity contribution in [3.63, 3.8) is 0 Å². The van der Waals surface area contributed by atoms with Gasteiger partial charge in [0.05, 0.1) is 12.8 Å². The highest BCUT2D eigenvalue weighted by molar-refractivity contribution is 5.94. The fourth-order valence-electron chi connectivity index (χ4n) is 1.94. The molecule has 1 amide bonds. The van der Waals surface area contributed by atoms with E-state index in [2.05, 4.69) is 17.5 Å². The van der Waals surface area contributed by atoms with E-state index >= 15 is 0 Å². The third kappa shape index (κ3) is 4.45. The van der Waals surface area contributed by atoms with Crippen LogP contribution in [0.2, 0.25) is 0 Å². The molecule has 114 valence electrons. The molecule has 4 nitrogen and oxygen atoms in total. The van der Waals surface area contributed by atoms with Gasteiger partial charge in [0.25, 0.3) is 5.91 Å². The molecule has 0 aliphatic carbocycles. The van der Waals surface area contributed by atoms with Gasteiger partial charge in [0.2, 0.25) is 0 Å². The number of hydrogen-bond acceptors (Lipinski definition) is 3. The van der Waals surface area contributed by atoms with Crippen LogP contribution >= 0.6 is 0 Å². The van der Waals surface area contributed by atoms with Crippen LogP contribution in [0, 0.1) is 0 Å². The largest absolute Gasteiger partial charge is 0.494 e. The molecular formula is C18H20N2O2. The lowest BCUT2D eigenvalue weighted by Gasteiger charge is -2.03. The first-order valence-corrected chi connectivity index (χ1v) is 7.38. The Bertz CT molecular complexity index is 631. The second kappa shape index (κ2) is 7.98. The fraction of sp³-hybridized carbons (Fsp3) is 0.222. The summed E-state index contributed by atoms with van der Waals surface area (Å²) in [7, 11) is 0. The average molecular weight is 296 g/mol. The summed E-state index contributed by atoms with van der Waals surface area (Å²) in [5, 5.41) is 3.97. The molecule has 4 heteroatoms. The Kier molecular flexibility index (Phi) is 5.72. The van der Waals surface area contributed by atoms with E-state index in [4.69, 9.17) is 4.74 Å². The molecule has 0 heterocycles. The second-order valence-corrected chi connectivity index (χ2v) is 4.75. The van der Waals surface area contributed by atoms with Gasteiger partial charge in [-0.15, -0.1) is 0 Å². The molecule has 0 saturated carbocycles. The number of ether oxygens (including phenoxy) is 1. The lowest BCUT2D eigenvalue weighted by Crippen LogP contribution is -2.17. The minimum absolute atomic E-state index is 0.218. The van der Waals surface area contributed by atoms with Crippen LogP contribution in [0.1, 0.15) is 35.3 Å². The van der Waals surface area contributed by atoms with Crippen molar-refractivity contribution in [1.82, 2.24) is 5.43 Å². The van der Waals surface area contributed by atoms with Gasteiger partial charge in [0.1, 0.15) is 5.75 Å². The molecule has 0 radical (unpaired) electrons. The molecule has 0 unspecified atom stereocenters. The van der Waals surface area contributed by atoms with E-state index in [1.165, 1.54) is 5.56 Å². The third-order valence-electron chi connectivity index (χ3n) is 3.20. The number of benzene rings is 2. The predicted octanol–water partition coefficient (Wildman–Crippen LogP) is 3.41. The predicted molar refractivity (Wildman–Crippen MR) is 88.5 cm³/mol. The smallest absolute Gasteiger partial charge is 0.271 e. The van der Waals surface area contributed by atoms with Crippen molar-refractivity contribution in [2.75, 3.05) is 6.61 Å². The summed E-state index contributed by atoms with van der Waals surface area (Å²) < 4.78 is 5.37. The van der Waals surface area contributed by atoms with Crippen molar-refractivity contribution in [2.45, 2.75) is 20.3 Å². The van der Waals surface area contributed by atoms with Crippen molar-refractivity contribution in [1.29, 1.82) is 0 Å². The zero-order valence-corrected chi connectivity index (χ0v) is 12.9. The zero-order valence-electron chi connectivity index (χ0n) is 12.9. The van der Waals surface area contributed by atoms with Gasteiger partial charge in [0, 0.05) is 5.56 Å². The first-order chi connectivity index (χ1) is 10.7. The van der Waals surface area contributed by atoms with Gasteiger partial charge in [-0.1, -0.05) is 19.1 Å². The number of aryl methyl sites for hydroxylation is 1. The number of hydrazone groups is 1. The van der Waals surface area contributed by atoms with Crippen LogP contribution in [0.15, 0.2) is 53.6 Å². The SMILES string of the molecule is CCOc1ccc(/C=N\NC(=O)c2ccc(CC)cc2)cc1. The lowest BCUT2D eigenvalue weighted by atomic mass is 10.1. The maximum atomic E-state index is 11.9. The number of nitrogens with zero attached hydrogens (tertiary/aromatic N) is 1. The summed E-state index contributed by atoms with van der Waals surface area (Å²) in [6.45, 7) is 4.66. The Morgan fingerprint density at radius 1 is 1.09 bits per heavy atom. The Morgan fingerprint density at radius 2 is 1.77 bits per heavy atom. The van der Waals surface area contributed by atoms with E-state index in [1.807, 2.05) is 43.3 Å². The van der Waals surface area contributed by atoms with E-state index in [9.17, 15) is 4.79 Å². The summed E-state index contributed by atoms with van der Waals surface area (Å²) >= 11 is 0. The van der Waals surface area contributed by atoms with Gasteiger partial charge < -0.3 is 4.74 Å². The number of rotatable bonds is 6. The maximum Gasteiger partial charge on any atom is 0.271 e. The lowest BCUT2D eigenvalue weighted by molar-refractivity contribution is 0.0955. The Morgan fingerprint density at radius 3 is 2.36 bits per heavy atom. The van der Waals surface area contributed by atoms with Gasteiger partial charge in [-0.3, -0.25) is 4.79 Å². The molecule has 0 bridgehead atoms. The molecule has 22 heavy (non-hydrogen) atoms. The Labute approximate surface area is 130 Å². The summed E-state index contributed by atoms with van der Waals surface area (Å²) in [5.74, 6) is 0.601. The molecule has 0 aliphatic heterocycles. The third-order valence-corrected chi connectivity index (χ3v) is 3.20. The molecule has 0 spiro atoms. The highest BCUT2D eigenvalue weighted by Crippen LogP contribution is 2.10. The summed E-state index contributed by atoms with van der Waals surface area (Å²) in [6, 6.07) is 15.0. The average Bonchev–Trinajstić information content (AvgIpc) is 2.56. The zero-order chi connectivity index (χ0) is 15.8. The van der Waals surface area contributed by atoms with Gasteiger partial charge >= 0.3 is 0 Å². The molecule has 2 aromatic carbocycles. The summed E-state index contributed by atoms with van der Waals surface area (Å²) in [5.41, 5.74) is 5.22. The van der Waals surface area contributed by atoms with Crippen molar-refractivity contribution in [2.24, 2.45) is 5.10 Å². The topological polar surface area (TPSA) is 50.7 Å². The normalized spacial score (nSPS) is 10.6. The molecule has 0 fully saturated rings. The highest BCUT2D eigenvalue weighted by Gasteiger charge is 2.03. The van der Waals surface area contributed by atoms with Crippen LogP contribution in [0.25, 0.3) is 0 Å².